The summed E-state index contributed by atoms with van der Waals surface area (Å²) < 4.78 is 1.95. The molecule has 0 bridgehead atoms. The lowest BCUT2D eigenvalue weighted by Crippen LogP contribution is -2.01. The van der Waals surface area contributed by atoms with Gasteiger partial charge < -0.3 is 0 Å². The fraction of sp³-hybridized carbons (Fsp3) is 0.250. The number of hydrogen-bond donors (Lipinski definition) is 0. The highest BCUT2D eigenvalue weighted by Crippen LogP contribution is 2.53. The molecule has 1 fully saturated rings. The van der Waals surface area contributed by atoms with E-state index in [4.69, 9.17) is 13.1 Å². The van der Waals surface area contributed by atoms with Gasteiger partial charge in [-0.05, 0) is 46.7 Å². The Morgan fingerprint density at radius 2 is 1.06 bits per heavy atom. The second-order valence-electron chi connectivity index (χ2n) is 8.45. The van der Waals surface area contributed by atoms with E-state index < -0.39 is 0 Å². The molecule has 1 aliphatic carbocycles. The van der Waals surface area contributed by atoms with E-state index in [0.717, 1.165) is 30.6 Å². The highest BCUT2D eigenvalue weighted by Gasteiger charge is 2.50. The molecule has 3 nitrogen and oxygen atoms in total. The average Bonchev–Trinajstić information content (AvgIpc) is 3.43. The second-order valence-corrected chi connectivity index (χ2v) is 8.45. The van der Waals surface area contributed by atoms with Crippen molar-refractivity contribution in [3.8, 4) is 13.1 Å². The summed E-state index contributed by atoms with van der Waals surface area (Å²) >= 11 is 0. The van der Waals surface area contributed by atoms with Crippen LogP contribution in [0.4, 0.5) is 17.1 Å². The van der Waals surface area contributed by atoms with Crippen LogP contribution in [0.1, 0.15) is 16.7 Å². The van der Waals surface area contributed by atoms with Gasteiger partial charge in [-0.15, -0.1) is 0 Å². The molecule has 31 heavy (non-hydrogen) atoms. The summed E-state index contributed by atoms with van der Waals surface area (Å²) in [5.74, 6) is 1.67. The second kappa shape index (κ2) is 8.99. The summed E-state index contributed by atoms with van der Waals surface area (Å²) in [4.78, 5) is 7.98. The van der Waals surface area contributed by atoms with E-state index in [9.17, 15) is 0 Å². The maximum absolute atomic E-state index is 5.64. The van der Waals surface area contributed by atoms with Crippen LogP contribution >= 0.6 is 0 Å². The van der Waals surface area contributed by atoms with E-state index in [0.29, 0.717) is 17.8 Å². The van der Waals surface area contributed by atoms with Gasteiger partial charge in [0.05, 0.1) is 0 Å². The van der Waals surface area contributed by atoms with Crippen LogP contribution in [-0.4, -0.2) is 18.3 Å². The van der Waals surface area contributed by atoms with E-state index in [1.165, 1.54) is 22.4 Å². The average molecular weight is 407 g/mol. The third-order valence-corrected chi connectivity index (χ3v) is 6.54. The first-order chi connectivity index (χ1) is 15.1. The van der Waals surface area contributed by atoms with Gasteiger partial charge in [0.2, 0.25) is 5.69 Å². The van der Waals surface area contributed by atoms with Gasteiger partial charge in [0, 0.05) is 34.9 Å². The van der Waals surface area contributed by atoms with Crippen LogP contribution in [0.15, 0.2) is 72.8 Å². The molecule has 0 heterocycles. The van der Waals surface area contributed by atoms with E-state index in [-0.39, 0.29) is 0 Å². The Balaban J connectivity index is 1.61. The van der Waals surface area contributed by atoms with Gasteiger partial charge in [0.25, 0.3) is 13.1 Å². The van der Waals surface area contributed by atoms with Crippen molar-refractivity contribution in [2.45, 2.75) is 19.3 Å². The van der Waals surface area contributed by atoms with Crippen molar-refractivity contribution in [1.29, 1.82) is 0 Å². The number of rotatable bonds is 7. The quantitative estimate of drug-likeness (QED) is 0.304. The lowest BCUT2D eigenvalue weighted by Gasteiger charge is -2.05. The van der Waals surface area contributed by atoms with E-state index in [1.807, 2.05) is 35.9 Å². The summed E-state index contributed by atoms with van der Waals surface area (Å²) in [6.45, 7) is 15.4. The third kappa shape index (κ3) is 4.42. The minimum atomic E-state index is 0.553. The highest BCUT2D eigenvalue weighted by atomic mass is 14.9. The lowest BCUT2D eigenvalue weighted by molar-refractivity contribution is -0.395. The normalized spacial score (nSPS) is 19.3. The van der Waals surface area contributed by atoms with Gasteiger partial charge in [0.15, 0.2) is 0 Å². The zero-order valence-electron chi connectivity index (χ0n) is 18.0. The summed E-state index contributed by atoms with van der Waals surface area (Å²) in [5.41, 5.74) is 6.70. The molecule has 4 rings (SSSR count). The Morgan fingerprint density at radius 1 is 0.677 bits per heavy atom. The molecule has 1 aliphatic rings. The van der Waals surface area contributed by atoms with Crippen LogP contribution in [0.3, 0.4) is 0 Å². The van der Waals surface area contributed by atoms with Crippen LogP contribution in [0.2, 0.25) is 0 Å². The van der Waals surface area contributed by atoms with Gasteiger partial charge in [-0.1, -0.05) is 54.6 Å². The molecule has 2 atom stereocenters. The van der Waals surface area contributed by atoms with Crippen molar-refractivity contribution in [2.75, 3.05) is 7.05 Å². The predicted molar refractivity (Wildman–Crippen MR) is 130 cm³/mol. The maximum Gasteiger partial charge on any atom is 0.343 e. The molecular weight excluding hydrogens is 378 g/mol. The van der Waals surface area contributed by atoms with Crippen LogP contribution in [0.25, 0.3) is 9.69 Å². The van der Waals surface area contributed by atoms with E-state index >= 15 is 0 Å². The standard InChI is InChI=1S/C28H28N3/c1-29-26-14-8-5-11-20(26)17-23-24(18-21-12-6-9-15-27(21)30-2)25(23)19-22-13-7-10-16-28(22)31(3)4/h1-2,5-16,23-25H,3,17-19H2,4H3/q+3. The molecule has 3 heteroatoms. The lowest BCUT2D eigenvalue weighted by atomic mass is 10.0. The third-order valence-electron chi connectivity index (χ3n) is 6.54. The molecule has 152 valence electrons. The fourth-order valence-electron chi connectivity index (χ4n) is 4.87. The maximum atomic E-state index is 5.64. The van der Waals surface area contributed by atoms with Gasteiger partial charge >= 0.3 is 11.4 Å². The minimum Gasteiger partial charge on any atom is -0.208 e. The number of para-hydroxylation sites is 3. The first-order valence-electron chi connectivity index (χ1n) is 10.7. The minimum absolute atomic E-state index is 0.553. The largest absolute Gasteiger partial charge is 0.343 e. The Labute approximate surface area is 184 Å². The molecule has 0 N–H and O–H groups in total. The molecule has 0 radical (unpaired) electrons. The molecule has 3 aromatic carbocycles. The zero-order valence-corrected chi connectivity index (χ0v) is 18.0. The van der Waals surface area contributed by atoms with Crippen LogP contribution < -0.4 is 0 Å². The molecule has 0 aromatic heterocycles. The van der Waals surface area contributed by atoms with Crippen LogP contribution in [0, 0.1) is 30.9 Å². The zero-order chi connectivity index (χ0) is 21.8. The molecule has 1 saturated carbocycles. The smallest absolute Gasteiger partial charge is 0.208 e. The Morgan fingerprint density at radius 3 is 1.52 bits per heavy atom. The first kappa shape index (κ1) is 20.6. The predicted octanol–water partition coefficient (Wildman–Crippen LogP) is 6.74. The van der Waals surface area contributed by atoms with Gasteiger partial charge in [-0.25, -0.2) is 4.58 Å². The van der Waals surface area contributed by atoms with Gasteiger partial charge in [0.1, 0.15) is 13.8 Å². The molecule has 0 amide bonds. The molecular formula is C28H28N3+3. The topological polar surface area (TPSA) is 11.7 Å². The SMILES string of the molecule is C#[N+]c1ccccc1CC1C(Cc2ccccc2[N+]#C)C1Cc1ccccc1[N+](=C)C. The van der Waals surface area contributed by atoms with Gasteiger partial charge in [-0.3, -0.25) is 0 Å². The highest BCUT2D eigenvalue weighted by molar-refractivity contribution is 5.54. The fourth-order valence-corrected chi connectivity index (χ4v) is 4.87. The van der Waals surface area contributed by atoms with Crippen molar-refractivity contribution in [1.82, 2.24) is 0 Å². The van der Waals surface area contributed by atoms with E-state index in [1.54, 1.807) is 0 Å². The summed E-state index contributed by atoms with van der Waals surface area (Å²) in [6, 6.07) is 24.9. The van der Waals surface area contributed by atoms with Crippen molar-refractivity contribution in [3.05, 3.63) is 99.2 Å². The monoisotopic (exact) mass is 406 g/mol. The van der Waals surface area contributed by atoms with Crippen molar-refractivity contribution in [2.24, 2.45) is 17.8 Å². The molecule has 0 saturated heterocycles. The number of nitrogens with zero attached hydrogens (tertiary/aromatic N) is 3. The molecule has 3 aromatic rings. The summed E-state index contributed by atoms with van der Waals surface area (Å²) in [6.07, 6.45) is 2.96. The van der Waals surface area contributed by atoms with Crippen molar-refractivity contribution in [3.63, 3.8) is 0 Å². The molecule has 0 spiro atoms. The Hall–Kier alpha value is -3.69. The van der Waals surface area contributed by atoms with Crippen molar-refractivity contribution < 1.29 is 4.58 Å². The first-order valence-corrected chi connectivity index (χ1v) is 10.7. The Kier molecular flexibility index (Phi) is 5.96. The molecule has 0 aliphatic heterocycles. The number of benzene rings is 3. The number of hydrogen-bond acceptors (Lipinski definition) is 0. The Bertz CT molecular complexity index is 1130. The van der Waals surface area contributed by atoms with Crippen LogP contribution in [0.5, 0.6) is 0 Å². The van der Waals surface area contributed by atoms with Crippen LogP contribution in [-0.2, 0) is 19.3 Å². The summed E-state index contributed by atoms with van der Waals surface area (Å²) in [5, 5.41) is 0. The summed E-state index contributed by atoms with van der Waals surface area (Å²) in [7, 11) is 2.00. The van der Waals surface area contributed by atoms with Gasteiger partial charge in [-0.2, -0.15) is 0 Å². The molecule has 2 unspecified atom stereocenters. The van der Waals surface area contributed by atoms with Crippen molar-refractivity contribution >= 4 is 23.8 Å². The van der Waals surface area contributed by atoms with E-state index in [2.05, 4.69) is 64.9 Å².